The number of hydrogen-bond donors (Lipinski definition) is 2. The van der Waals surface area contributed by atoms with Crippen LogP contribution in [0.5, 0.6) is 0 Å². The highest BCUT2D eigenvalue weighted by Crippen LogP contribution is 2.30. The number of imide groups is 1. The van der Waals surface area contributed by atoms with Gasteiger partial charge in [0.05, 0.1) is 5.39 Å². The van der Waals surface area contributed by atoms with Crippen molar-refractivity contribution in [3.63, 3.8) is 0 Å². The zero-order valence-corrected chi connectivity index (χ0v) is 19.2. The van der Waals surface area contributed by atoms with E-state index < -0.39 is 24.0 Å². The lowest BCUT2D eigenvalue weighted by molar-refractivity contribution is -0.129. The third kappa shape index (κ3) is 4.51. The van der Waals surface area contributed by atoms with Gasteiger partial charge in [0.15, 0.2) is 0 Å². The fourth-order valence-electron chi connectivity index (χ4n) is 3.91. The number of benzene rings is 1. The summed E-state index contributed by atoms with van der Waals surface area (Å²) in [5, 5.41) is 4.85. The van der Waals surface area contributed by atoms with E-state index in [2.05, 4.69) is 15.6 Å². The van der Waals surface area contributed by atoms with E-state index >= 15 is 0 Å². The third-order valence-electron chi connectivity index (χ3n) is 5.63. The summed E-state index contributed by atoms with van der Waals surface area (Å²) < 4.78 is 7.27. The predicted molar refractivity (Wildman–Crippen MR) is 123 cm³/mol. The van der Waals surface area contributed by atoms with E-state index in [4.69, 9.17) is 4.74 Å². The molecule has 0 spiro atoms. The summed E-state index contributed by atoms with van der Waals surface area (Å²) in [6, 6.07) is 7.71. The third-order valence-corrected chi connectivity index (χ3v) is 6.79. The molecule has 1 aliphatic heterocycles. The molecular weight excluding hydrogens is 444 g/mol. The monoisotopic (exact) mass is 468 g/mol. The van der Waals surface area contributed by atoms with Crippen molar-refractivity contribution in [1.29, 1.82) is 0 Å². The largest absolute Gasteiger partial charge is 0.443 e. The summed E-state index contributed by atoms with van der Waals surface area (Å²) in [7, 11) is 1.37. The van der Waals surface area contributed by atoms with Crippen LogP contribution in [0.15, 0.2) is 35.1 Å². The number of esters is 1. The number of amides is 3. The highest BCUT2D eigenvalue weighted by atomic mass is 32.1. The molecule has 4 rings (SSSR count). The Bertz CT molecular complexity index is 1280. The normalized spacial score (nSPS) is 14.1. The molecule has 1 atom stereocenters. The minimum absolute atomic E-state index is 0.151. The number of urea groups is 1. The molecule has 3 aromatic rings. The highest BCUT2D eigenvalue weighted by Gasteiger charge is 2.30. The van der Waals surface area contributed by atoms with Crippen LogP contribution in [-0.2, 0) is 22.5 Å². The van der Waals surface area contributed by atoms with E-state index in [1.807, 2.05) is 0 Å². The average molecular weight is 469 g/mol. The van der Waals surface area contributed by atoms with Crippen LogP contribution < -0.4 is 16.2 Å². The molecule has 10 heteroatoms. The minimum atomic E-state index is -1.34. The Morgan fingerprint density at radius 2 is 1.91 bits per heavy atom. The van der Waals surface area contributed by atoms with Crippen LogP contribution >= 0.6 is 11.3 Å². The van der Waals surface area contributed by atoms with Crippen LogP contribution in [0.1, 0.15) is 52.0 Å². The molecule has 0 fully saturated rings. The number of thiophene rings is 1. The number of aryl methyl sites for hydroxylation is 2. The summed E-state index contributed by atoms with van der Waals surface area (Å²) in [5.41, 5.74) is 0.744. The molecule has 0 aliphatic carbocycles. The summed E-state index contributed by atoms with van der Waals surface area (Å²) >= 11 is 1.08. The van der Waals surface area contributed by atoms with Crippen LogP contribution in [0.2, 0.25) is 0 Å². The Labute approximate surface area is 193 Å². The Morgan fingerprint density at radius 1 is 1.15 bits per heavy atom. The van der Waals surface area contributed by atoms with Gasteiger partial charge in [-0.1, -0.05) is 36.8 Å². The number of hydrogen-bond acceptors (Lipinski definition) is 7. The molecule has 2 N–H and O–H groups in total. The van der Waals surface area contributed by atoms with E-state index in [-0.39, 0.29) is 10.4 Å². The van der Waals surface area contributed by atoms with Crippen molar-refractivity contribution >= 4 is 39.5 Å². The minimum Gasteiger partial charge on any atom is -0.443 e. The first kappa shape index (κ1) is 22.7. The summed E-state index contributed by atoms with van der Waals surface area (Å²) in [6.07, 6.45) is 2.31. The van der Waals surface area contributed by atoms with Gasteiger partial charge in [0.2, 0.25) is 6.10 Å². The number of nitrogens with one attached hydrogen (secondary N) is 2. The second-order valence-electron chi connectivity index (χ2n) is 7.80. The van der Waals surface area contributed by atoms with E-state index in [1.54, 1.807) is 41.8 Å². The van der Waals surface area contributed by atoms with Crippen molar-refractivity contribution in [1.82, 2.24) is 20.2 Å². The summed E-state index contributed by atoms with van der Waals surface area (Å²) in [4.78, 5) is 56.0. The highest BCUT2D eigenvalue weighted by molar-refractivity contribution is 7.20. The van der Waals surface area contributed by atoms with E-state index in [0.29, 0.717) is 27.9 Å². The van der Waals surface area contributed by atoms with Crippen LogP contribution in [-0.4, -0.2) is 34.5 Å². The van der Waals surface area contributed by atoms with Crippen molar-refractivity contribution in [3.8, 4) is 0 Å². The molecule has 9 nitrogen and oxygen atoms in total. The second kappa shape index (κ2) is 9.53. The van der Waals surface area contributed by atoms with Gasteiger partial charge < -0.3 is 10.1 Å². The SMILES string of the molecule is CNC(=O)NC(=O)C(OC(=O)c1sc2nc3n(c(=O)c2c1C)CCCCC3)c1ccccc1. The van der Waals surface area contributed by atoms with Crippen LogP contribution in [0.25, 0.3) is 10.2 Å². The molecule has 0 saturated carbocycles. The van der Waals surface area contributed by atoms with Gasteiger partial charge in [-0.15, -0.1) is 11.3 Å². The van der Waals surface area contributed by atoms with Crippen LogP contribution in [0, 0.1) is 6.92 Å². The van der Waals surface area contributed by atoms with Crippen molar-refractivity contribution in [2.24, 2.45) is 0 Å². The molecule has 0 saturated heterocycles. The topological polar surface area (TPSA) is 119 Å². The maximum Gasteiger partial charge on any atom is 0.349 e. The first-order chi connectivity index (χ1) is 15.9. The number of carbonyl (C=O) groups excluding carboxylic acids is 3. The number of rotatable bonds is 4. The molecule has 3 amide bonds. The first-order valence-corrected chi connectivity index (χ1v) is 11.5. The van der Waals surface area contributed by atoms with Crippen molar-refractivity contribution in [2.45, 2.75) is 45.3 Å². The van der Waals surface area contributed by atoms with Gasteiger partial charge in [-0.3, -0.25) is 19.5 Å². The van der Waals surface area contributed by atoms with Gasteiger partial charge in [0, 0.05) is 25.6 Å². The lowest BCUT2D eigenvalue weighted by Gasteiger charge is -2.17. The number of aromatic nitrogens is 2. The lowest BCUT2D eigenvalue weighted by atomic mass is 10.1. The number of fused-ring (bicyclic) bond motifs is 2. The summed E-state index contributed by atoms with van der Waals surface area (Å²) in [5.74, 6) is -0.799. The average Bonchev–Trinajstić information content (AvgIpc) is 2.98. The Kier molecular flexibility index (Phi) is 6.55. The molecule has 33 heavy (non-hydrogen) atoms. The van der Waals surface area contributed by atoms with Gasteiger partial charge >= 0.3 is 12.0 Å². The molecule has 1 unspecified atom stereocenters. The fourth-order valence-corrected chi connectivity index (χ4v) is 4.98. The van der Waals surface area contributed by atoms with Gasteiger partial charge in [-0.05, 0) is 25.3 Å². The Hall–Kier alpha value is -3.53. The van der Waals surface area contributed by atoms with E-state index in [1.165, 1.54) is 7.05 Å². The quantitative estimate of drug-likeness (QED) is 0.568. The maximum absolute atomic E-state index is 13.2. The summed E-state index contributed by atoms with van der Waals surface area (Å²) in [6.45, 7) is 2.30. The molecule has 1 aromatic carbocycles. The molecular formula is C23H24N4O5S. The molecule has 0 radical (unpaired) electrons. The van der Waals surface area contributed by atoms with Crippen molar-refractivity contribution in [3.05, 3.63) is 62.5 Å². The fraction of sp³-hybridized carbons (Fsp3) is 0.348. The van der Waals surface area contributed by atoms with Gasteiger partial charge in [-0.25, -0.2) is 14.6 Å². The van der Waals surface area contributed by atoms with Crippen LogP contribution in [0.4, 0.5) is 4.79 Å². The molecule has 2 aromatic heterocycles. The van der Waals surface area contributed by atoms with E-state index in [9.17, 15) is 19.2 Å². The van der Waals surface area contributed by atoms with E-state index in [0.717, 1.165) is 42.8 Å². The molecule has 0 bridgehead atoms. The Morgan fingerprint density at radius 3 is 2.64 bits per heavy atom. The van der Waals surface area contributed by atoms with Crippen molar-refractivity contribution in [2.75, 3.05) is 7.05 Å². The standard InChI is InChI=1S/C23H24N4O5S/c1-13-16-20(25-15-11-7-4-8-12-27(15)21(16)29)33-18(13)22(30)32-17(14-9-5-3-6-10-14)19(28)26-23(31)24-2/h3,5-6,9-10,17H,4,7-8,11-12H2,1-2H3,(H2,24,26,28,31). The maximum atomic E-state index is 13.2. The van der Waals surface area contributed by atoms with Crippen molar-refractivity contribution < 1.29 is 19.1 Å². The molecule has 3 heterocycles. The number of carbonyl (C=O) groups is 3. The van der Waals surface area contributed by atoms with Gasteiger partial charge in [0.1, 0.15) is 15.5 Å². The predicted octanol–water partition coefficient (Wildman–Crippen LogP) is 2.85. The zero-order chi connectivity index (χ0) is 23.5. The van der Waals surface area contributed by atoms with Gasteiger partial charge in [0.25, 0.3) is 11.5 Å². The zero-order valence-electron chi connectivity index (χ0n) is 18.3. The first-order valence-electron chi connectivity index (χ1n) is 10.7. The number of nitrogens with zero attached hydrogens (tertiary/aromatic N) is 2. The molecule has 172 valence electrons. The number of ether oxygens (including phenoxy) is 1. The van der Waals surface area contributed by atoms with Crippen LogP contribution in [0.3, 0.4) is 0 Å². The van der Waals surface area contributed by atoms with Gasteiger partial charge in [-0.2, -0.15) is 0 Å². The second-order valence-corrected chi connectivity index (χ2v) is 8.80. The lowest BCUT2D eigenvalue weighted by Crippen LogP contribution is -2.41. The smallest absolute Gasteiger partial charge is 0.349 e. The Balaban J connectivity index is 1.70. The molecule has 1 aliphatic rings.